The monoisotopic (exact) mass is 367 g/mol. The van der Waals surface area contributed by atoms with Gasteiger partial charge in [0.1, 0.15) is 0 Å². The van der Waals surface area contributed by atoms with Crippen molar-refractivity contribution in [2.75, 3.05) is 0 Å². The van der Waals surface area contributed by atoms with E-state index in [4.69, 9.17) is 0 Å². The van der Waals surface area contributed by atoms with E-state index in [0.717, 1.165) is 12.2 Å². The minimum absolute atomic E-state index is 0.0538. The van der Waals surface area contributed by atoms with Gasteiger partial charge < -0.3 is 5.32 Å². The molecule has 0 aliphatic heterocycles. The molecule has 1 N–H and O–H groups in total. The van der Waals surface area contributed by atoms with Crippen LogP contribution in [-0.2, 0) is 23.4 Å². The molecule has 0 unspecified atom stereocenters. The second-order valence-corrected chi connectivity index (χ2v) is 8.47. The second-order valence-electron chi connectivity index (χ2n) is 7.14. The summed E-state index contributed by atoms with van der Waals surface area (Å²) in [5.74, 6) is 1.00. The van der Waals surface area contributed by atoms with Crippen LogP contribution in [0.3, 0.4) is 0 Å². The van der Waals surface area contributed by atoms with Crippen LogP contribution in [0.4, 0.5) is 0 Å². The first-order valence-corrected chi connectivity index (χ1v) is 10.8. The molecule has 1 aliphatic rings. The zero-order chi connectivity index (χ0) is 18.4. The molecule has 0 fully saturated rings. The van der Waals surface area contributed by atoms with E-state index in [2.05, 4.69) is 42.6 Å². The number of rotatable bonds is 7. The molecule has 26 heavy (non-hydrogen) atoms. The highest BCUT2D eigenvalue weighted by molar-refractivity contribution is 7.99. The molecular formula is C23H29NOS. The van der Waals surface area contributed by atoms with Gasteiger partial charge in [0.25, 0.3) is 0 Å². The van der Waals surface area contributed by atoms with Crippen LogP contribution in [0.5, 0.6) is 0 Å². The average molecular weight is 368 g/mol. The number of hydrogen-bond acceptors (Lipinski definition) is 2. The Kier molecular flexibility index (Phi) is 6.79. The van der Waals surface area contributed by atoms with Crippen molar-refractivity contribution in [3.63, 3.8) is 0 Å². The fraction of sp³-hybridized carbons (Fsp3) is 0.435. The van der Waals surface area contributed by atoms with Crippen molar-refractivity contribution in [2.45, 2.75) is 63.0 Å². The summed E-state index contributed by atoms with van der Waals surface area (Å²) >= 11 is 1.70. The van der Waals surface area contributed by atoms with Crippen molar-refractivity contribution in [1.82, 2.24) is 5.32 Å². The maximum atomic E-state index is 12.7. The zero-order valence-electron chi connectivity index (χ0n) is 15.8. The number of aryl methyl sites for hydroxylation is 2. The number of carbonyl (C=O) groups is 1. The van der Waals surface area contributed by atoms with E-state index >= 15 is 0 Å². The molecule has 138 valence electrons. The molecule has 2 aromatic carbocycles. The lowest BCUT2D eigenvalue weighted by Gasteiger charge is -2.23. The van der Waals surface area contributed by atoms with E-state index in [9.17, 15) is 4.79 Å². The van der Waals surface area contributed by atoms with Gasteiger partial charge in [-0.15, -0.1) is 11.8 Å². The van der Waals surface area contributed by atoms with Crippen molar-refractivity contribution in [3.05, 3.63) is 70.8 Å². The Bertz CT molecular complexity index is 728. The van der Waals surface area contributed by atoms with E-state index in [-0.39, 0.29) is 17.2 Å². The van der Waals surface area contributed by atoms with Crippen molar-refractivity contribution < 1.29 is 4.79 Å². The number of hydrogen-bond donors (Lipinski definition) is 1. The highest BCUT2D eigenvalue weighted by Crippen LogP contribution is 2.26. The Labute approximate surface area is 161 Å². The maximum Gasteiger partial charge on any atom is 0.233 e. The summed E-state index contributed by atoms with van der Waals surface area (Å²) in [5.41, 5.74) is 5.49. The van der Waals surface area contributed by atoms with E-state index in [1.165, 1.54) is 47.9 Å². The fourth-order valence-corrected chi connectivity index (χ4v) is 4.41. The van der Waals surface area contributed by atoms with Crippen LogP contribution in [0.25, 0.3) is 0 Å². The lowest BCUT2D eigenvalue weighted by atomic mass is 9.89. The number of carbonyl (C=O) groups excluding carboxylic acids is 1. The van der Waals surface area contributed by atoms with Gasteiger partial charge in [-0.05, 0) is 61.3 Å². The molecule has 0 spiro atoms. The lowest BCUT2D eigenvalue weighted by molar-refractivity contribution is -0.121. The van der Waals surface area contributed by atoms with Crippen LogP contribution in [-0.4, -0.2) is 11.2 Å². The van der Waals surface area contributed by atoms with Gasteiger partial charge in [-0.25, -0.2) is 0 Å². The largest absolute Gasteiger partial charge is 0.348 e. The normalized spacial score (nSPS) is 15.8. The number of benzene rings is 2. The zero-order valence-corrected chi connectivity index (χ0v) is 16.6. The van der Waals surface area contributed by atoms with Crippen LogP contribution in [0.2, 0.25) is 0 Å². The minimum atomic E-state index is -0.0538. The second kappa shape index (κ2) is 9.27. The molecule has 0 saturated heterocycles. The highest BCUT2D eigenvalue weighted by Gasteiger charge is 2.19. The molecule has 3 rings (SSSR count). The average Bonchev–Trinajstić information content (AvgIpc) is 2.70. The van der Waals surface area contributed by atoms with E-state index in [0.29, 0.717) is 0 Å². The van der Waals surface area contributed by atoms with Gasteiger partial charge in [-0.3, -0.25) is 4.79 Å². The van der Waals surface area contributed by atoms with Crippen molar-refractivity contribution >= 4 is 17.7 Å². The van der Waals surface area contributed by atoms with Crippen molar-refractivity contribution in [1.29, 1.82) is 0 Å². The quantitative estimate of drug-likeness (QED) is 0.704. The SMILES string of the molecule is CC[C@@H](NC(=O)[C@@H](C)SCc1ccccc1)c1ccc2c(c1)CCCC2. The van der Waals surface area contributed by atoms with Gasteiger partial charge in [0.05, 0.1) is 11.3 Å². The predicted octanol–water partition coefficient (Wildman–Crippen LogP) is 5.45. The third kappa shape index (κ3) is 4.91. The van der Waals surface area contributed by atoms with Gasteiger partial charge in [0.15, 0.2) is 0 Å². The topological polar surface area (TPSA) is 29.1 Å². The Morgan fingerprint density at radius 2 is 1.81 bits per heavy atom. The van der Waals surface area contributed by atoms with Crippen LogP contribution in [0.1, 0.15) is 61.4 Å². The molecule has 2 aromatic rings. The van der Waals surface area contributed by atoms with Crippen LogP contribution < -0.4 is 5.32 Å². The lowest BCUT2D eigenvalue weighted by Crippen LogP contribution is -2.34. The summed E-state index contributed by atoms with van der Waals surface area (Å²) in [6, 6.07) is 17.2. The van der Waals surface area contributed by atoms with Crippen LogP contribution in [0.15, 0.2) is 48.5 Å². The summed E-state index contributed by atoms with van der Waals surface area (Å²) in [6.07, 6.45) is 5.88. The smallest absolute Gasteiger partial charge is 0.233 e. The minimum Gasteiger partial charge on any atom is -0.348 e. The Morgan fingerprint density at radius 3 is 2.54 bits per heavy atom. The number of thioether (sulfide) groups is 1. The van der Waals surface area contributed by atoms with Gasteiger partial charge >= 0.3 is 0 Å². The van der Waals surface area contributed by atoms with E-state index < -0.39 is 0 Å². The molecule has 0 saturated carbocycles. The molecule has 2 nitrogen and oxygen atoms in total. The first kappa shape index (κ1) is 19.0. The standard InChI is InChI=1S/C23H29NOS/c1-3-22(21-14-13-19-11-7-8-12-20(19)15-21)24-23(25)17(2)26-16-18-9-5-4-6-10-18/h4-6,9-10,13-15,17,22H,3,7-8,11-12,16H2,1-2H3,(H,24,25)/t17-,22-/m1/s1. The molecule has 1 aliphatic carbocycles. The van der Waals surface area contributed by atoms with Crippen LogP contribution in [0, 0.1) is 0 Å². The number of amides is 1. The summed E-state index contributed by atoms with van der Waals surface area (Å²) in [7, 11) is 0. The highest BCUT2D eigenvalue weighted by atomic mass is 32.2. The first-order chi connectivity index (χ1) is 12.7. The predicted molar refractivity (Wildman–Crippen MR) is 111 cm³/mol. The van der Waals surface area contributed by atoms with Crippen LogP contribution >= 0.6 is 11.8 Å². The molecule has 2 atom stereocenters. The van der Waals surface area contributed by atoms with Gasteiger partial charge in [0, 0.05) is 5.75 Å². The van der Waals surface area contributed by atoms with Crippen molar-refractivity contribution in [3.8, 4) is 0 Å². The Balaban J connectivity index is 1.59. The molecule has 1 amide bonds. The number of fused-ring (bicyclic) bond motifs is 1. The third-order valence-electron chi connectivity index (χ3n) is 5.21. The molecule has 3 heteroatoms. The summed E-state index contributed by atoms with van der Waals surface area (Å²) < 4.78 is 0. The molecule has 0 radical (unpaired) electrons. The van der Waals surface area contributed by atoms with Gasteiger partial charge in [-0.1, -0.05) is 55.5 Å². The maximum absolute atomic E-state index is 12.7. The van der Waals surface area contributed by atoms with Gasteiger partial charge in [-0.2, -0.15) is 0 Å². The molecule has 0 aromatic heterocycles. The van der Waals surface area contributed by atoms with E-state index in [1.807, 2.05) is 25.1 Å². The Morgan fingerprint density at radius 1 is 1.08 bits per heavy atom. The molecule has 0 heterocycles. The third-order valence-corrected chi connectivity index (χ3v) is 6.43. The van der Waals surface area contributed by atoms with E-state index in [1.54, 1.807) is 11.8 Å². The van der Waals surface area contributed by atoms with Crippen molar-refractivity contribution in [2.24, 2.45) is 0 Å². The fourth-order valence-electron chi connectivity index (χ4n) is 3.55. The number of nitrogens with one attached hydrogen (secondary N) is 1. The summed E-state index contributed by atoms with van der Waals surface area (Å²) in [4.78, 5) is 12.7. The first-order valence-electron chi connectivity index (χ1n) is 9.75. The summed E-state index contributed by atoms with van der Waals surface area (Å²) in [6.45, 7) is 4.15. The molecular weight excluding hydrogens is 338 g/mol. The summed E-state index contributed by atoms with van der Waals surface area (Å²) in [5, 5.41) is 3.21. The molecule has 0 bridgehead atoms. The Hall–Kier alpha value is -1.74. The van der Waals surface area contributed by atoms with Gasteiger partial charge in [0.2, 0.25) is 5.91 Å².